The van der Waals surface area contributed by atoms with E-state index in [1.165, 1.54) is 4.90 Å². The lowest BCUT2D eigenvalue weighted by molar-refractivity contribution is -0.129. The normalized spacial score (nSPS) is 18.4. The zero-order chi connectivity index (χ0) is 19.1. The predicted octanol–water partition coefficient (Wildman–Crippen LogP) is 3.23. The second kappa shape index (κ2) is 6.87. The van der Waals surface area contributed by atoms with E-state index in [1.54, 1.807) is 36.4 Å². The Morgan fingerprint density at radius 2 is 1.93 bits per heavy atom. The number of hydrogen-bond donors (Lipinski definition) is 2. The molecule has 0 aliphatic carbocycles. The van der Waals surface area contributed by atoms with Crippen molar-refractivity contribution >= 4 is 52.3 Å². The summed E-state index contributed by atoms with van der Waals surface area (Å²) in [5.41, 5.74) is 2.54. The SMILES string of the molecule is O=C1NCc2ccc(NC(=O)C3CCN(c4ccc(Cl)c(Cl)c4)C3=O)cc21. The van der Waals surface area contributed by atoms with E-state index in [2.05, 4.69) is 10.6 Å². The van der Waals surface area contributed by atoms with Crippen molar-refractivity contribution in [1.82, 2.24) is 5.32 Å². The molecule has 4 rings (SSSR count). The van der Waals surface area contributed by atoms with Crippen LogP contribution in [0.4, 0.5) is 11.4 Å². The Morgan fingerprint density at radius 3 is 2.70 bits per heavy atom. The Labute approximate surface area is 165 Å². The van der Waals surface area contributed by atoms with E-state index in [0.717, 1.165) is 5.56 Å². The first kappa shape index (κ1) is 17.8. The smallest absolute Gasteiger partial charge is 0.251 e. The number of benzene rings is 2. The van der Waals surface area contributed by atoms with Crippen LogP contribution in [0.3, 0.4) is 0 Å². The van der Waals surface area contributed by atoms with Gasteiger partial charge in [-0.2, -0.15) is 0 Å². The molecule has 0 radical (unpaired) electrons. The van der Waals surface area contributed by atoms with Gasteiger partial charge < -0.3 is 15.5 Å². The summed E-state index contributed by atoms with van der Waals surface area (Å²) in [6.45, 7) is 0.906. The Morgan fingerprint density at radius 1 is 1.11 bits per heavy atom. The number of rotatable bonds is 3. The predicted molar refractivity (Wildman–Crippen MR) is 103 cm³/mol. The van der Waals surface area contributed by atoms with E-state index in [1.807, 2.05) is 0 Å². The second-order valence-corrected chi connectivity index (χ2v) is 7.29. The van der Waals surface area contributed by atoms with Crippen molar-refractivity contribution in [3.63, 3.8) is 0 Å². The summed E-state index contributed by atoms with van der Waals surface area (Å²) in [7, 11) is 0. The van der Waals surface area contributed by atoms with Crippen molar-refractivity contribution in [2.24, 2.45) is 5.92 Å². The Balaban J connectivity index is 1.48. The highest BCUT2D eigenvalue weighted by Crippen LogP contribution is 2.31. The Bertz CT molecular complexity index is 977. The van der Waals surface area contributed by atoms with Crippen molar-refractivity contribution < 1.29 is 14.4 Å². The third kappa shape index (κ3) is 3.26. The van der Waals surface area contributed by atoms with Crippen molar-refractivity contribution in [3.8, 4) is 0 Å². The molecule has 2 aliphatic rings. The van der Waals surface area contributed by atoms with E-state index in [4.69, 9.17) is 23.2 Å². The van der Waals surface area contributed by atoms with Gasteiger partial charge in [0.15, 0.2) is 0 Å². The first-order valence-corrected chi connectivity index (χ1v) is 9.18. The number of nitrogens with one attached hydrogen (secondary N) is 2. The quantitative estimate of drug-likeness (QED) is 0.772. The van der Waals surface area contributed by atoms with Gasteiger partial charge in [-0.25, -0.2) is 0 Å². The molecule has 0 bridgehead atoms. The first-order valence-electron chi connectivity index (χ1n) is 8.42. The molecule has 1 unspecified atom stereocenters. The fourth-order valence-electron chi connectivity index (χ4n) is 3.35. The molecule has 1 saturated heterocycles. The topological polar surface area (TPSA) is 78.5 Å². The molecule has 1 fully saturated rings. The average Bonchev–Trinajstić information content (AvgIpc) is 3.21. The summed E-state index contributed by atoms with van der Waals surface area (Å²) in [6, 6.07) is 10.1. The zero-order valence-corrected chi connectivity index (χ0v) is 15.6. The lowest BCUT2D eigenvalue weighted by Gasteiger charge is -2.17. The summed E-state index contributed by atoms with van der Waals surface area (Å²) < 4.78 is 0. The van der Waals surface area contributed by atoms with Crippen LogP contribution < -0.4 is 15.5 Å². The standard InChI is InChI=1S/C19H15Cl2N3O3/c20-15-4-3-12(8-16(15)21)24-6-5-13(19(24)27)18(26)23-11-2-1-10-9-22-17(25)14(10)7-11/h1-4,7-8,13H,5-6,9H2,(H,22,25)(H,23,26). The molecular weight excluding hydrogens is 389 g/mol. The Hall–Kier alpha value is -2.57. The highest BCUT2D eigenvalue weighted by atomic mass is 35.5. The van der Waals surface area contributed by atoms with E-state index < -0.39 is 5.92 Å². The highest BCUT2D eigenvalue weighted by Gasteiger charge is 2.38. The average molecular weight is 404 g/mol. The van der Waals surface area contributed by atoms with Gasteiger partial charge in [-0.1, -0.05) is 29.3 Å². The van der Waals surface area contributed by atoms with Crippen LogP contribution in [0.1, 0.15) is 22.3 Å². The highest BCUT2D eigenvalue weighted by molar-refractivity contribution is 6.42. The molecule has 2 aromatic carbocycles. The monoisotopic (exact) mass is 403 g/mol. The number of hydrogen-bond acceptors (Lipinski definition) is 3. The number of halogens is 2. The van der Waals surface area contributed by atoms with E-state index in [-0.39, 0.29) is 17.7 Å². The molecule has 2 aromatic rings. The molecule has 0 aromatic heterocycles. The van der Waals surface area contributed by atoms with E-state index >= 15 is 0 Å². The van der Waals surface area contributed by atoms with Gasteiger partial charge >= 0.3 is 0 Å². The third-order valence-corrected chi connectivity index (χ3v) is 5.54. The van der Waals surface area contributed by atoms with Gasteiger partial charge in [0.25, 0.3) is 5.91 Å². The molecule has 2 N–H and O–H groups in total. The first-order chi connectivity index (χ1) is 12.9. The lowest BCUT2D eigenvalue weighted by atomic mass is 10.1. The molecular formula is C19H15Cl2N3O3. The molecule has 2 heterocycles. The fourth-order valence-corrected chi connectivity index (χ4v) is 3.64. The summed E-state index contributed by atoms with van der Waals surface area (Å²) >= 11 is 11.9. The van der Waals surface area contributed by atoms with Crippen LogP contribution in [0.25, 0.3) is 0 Å². The van der Waals surface area contributed by atoms with Crippen LogP contribution >= 0.6 is 23.2 Å². The molecule has 1 atom stereocenters. The summed E-state index contributed by atoms with van der Waals surface area (Å²) in [5, 5.41) is 6.23. The van der Waals surface area contributed by atoms with Gasteiger partial charge in [-0.3, -0.25) is 14.4 Å². The maximum absolute atomic E-state index is 12.7. The number of fused-ring (bicyclic) bond motifs is 1. The molecule has 138 valence electrons. The van der Waals surface area contributed by atoms with Gasteiger partial charge in [0.05, 0.1) is 10.0 Å². The van der Waals surface area contributed by atoms with Crippen LogP contribution in [0.15, 0.2) is 36.4 Å². The minimum Gasteiger partial charge on any atom is -0.348 e. The van der Waals surface area contributed by atoms with Crippen LogP contribution in [0.5, 0.6) is 0 Å². The van der Waals surface area contributed by atoms with Crippen molar-refractivity contribution in [2.45, 2.75) is 13.0 Å². The van der Waals surface area contributed by atoms with Gasteiger partial charge in [0, 0.05) is 30.0 Å². The Kier molecular flexibility index (Phi) is 4.53. The molecule has 27 heavy (non-hydrogen) atoms. The maximum atomic E-state index is 12.7. The molecule has 0 spiro atoms. The maximum Gasteiger partial charge on any atom is 0.251 e. The van der Waals surface area contributed by atoms with Gasteiger partial charge in [-0.05, 0) is 42.3 Å². The number of anilines is 2. The number of carbonyl (C=O) groups is 3. The molecule has 6 nitrogen and oxygen atoms in total. The van der Waals surface area contributed by atoms with Gasteiger partial charge in [-0.15, -0.1) is 0 Å². The summed E-state index contributed by atoms with van der Waals surface area (Å²) in [6.07, 6.45) is 0.399. The van der Waals surface area contributed by atoms with Crippen LogP contribution in [-0.4, -0.2) is 24.3 Å². The molecule has 3 amide bonds. The molecule has 0 saturated carbocycles. The molecule has 8 heteroatoms. The van der Waals surface area contributed by atoms with E-state index in [9.17, 15) is 14.4 Å². The fraction of sp³-hybridized carbons (Fsp3) is 0.211. The summed E-state index contributed by atoms with van der Waals surface area (Å²) in [4.78, 5) is 38.6. The summed E-state index contributed by atoms with van der Waals surface area (Å²) in [5.74, 6) is -1.63. The van der Waals surface area contributed by atoms with Gasteiger partial charge in [0.1, 0.15) is 5.92 Å². The zero-order valence-electron chi connectivity index (χ0n) is 14.1. The second-order valence-electron chi connectivity index (χ2n) is 6.47. The van der Waals surface area contributed by atoms with E-state index in [0.29, 0.717) is 46.5 Å². The minimum absolute atomic E-state index is 0.163. The van der Waals surface area contributed by atoms with Crippen LogP contribution in [-0.2, 0) is 16.1 Å². The minimum atomic E-state index is -0.790. The number of amides is 3. The van der Waals surface area contributed by atoms with Crippen LogP contribution in [0.2, 0.25) is 10.0 Å². The number of nitrogens with zero attached hydrogens (tertiary/aromatic N) is 1. The van der Waals surface area contributed by atoms with Crippen LogP contribution in [0, 0.1) is 5.92 Å². The lowest BCUT2D eigenvalue weighted by Crippen LogP contribution is -2.33. The third-order valence-electron chi connectivity index (χ3n) is 4.80. The van der Waals surface area contributed by atoms with Gasteiger partial charge in [0.2, 0.25) is 11.8 Å². The molecule has 2 aliphatic heterocycles. The largest absolute Gasteiger partial charge is 0.348 e. The van der Waals surface area contributed by atoms with Crippen molar-refractivity contribution in [3.05, 3.63) is 57.6 Å². The van der Waals surface area contributed by atoms with Crippen molar-refractivity contribution in [1.29, 1.82) is 0 Å². The van der Waals surface area contributed by atoms with Crippen molar-refractivity contribution in [2.75, 3.05) is 16.8 Å². The number of carbonyl (C=O) groups excluding carboxylic acids is 3.